The molecular formula is C22H36N2. The number of hydrogen-bond acceptors (Lipinski definition) is 2. The zero-order chi connectivity index (χ0) is 16.5. The third-order valence-electron chi connectivity index (χ3n) is 9.71. The number of fused-ring (bicyclic) bond motifs is 4. The van der Waals surface area contributed by atoms with Gasteiger partial charge < -0.3 is 10.6 Å². The van der Waals surface area contributed by atoms with Crippen LogP contribution in [0.3, 0.4) is 0 Å². The van der Waals surface area contributed by atoms with Gasteiger partial charge in [-0.25, -0.2) is 0 Å². The Morgan fingerprint density at radius 1 is 1.04 bits per heavy atom. The Morgan fingerprint density at radius 3 is 2.75 bits per heavy atom. The molecule has 0 aromatic heterocycles. The molecule has 0 amide bonds. The van der Waals surface area contributed by atoms with Crippen molar-refractivity contribution in [2.24, 2.45) is 34.5 Å². The summed E-state index contributed by atoms with van der Waals surface area (Å²) in [5.74, 6) is 4.02. The maximum absolute atomic E-state index is 3.76. The highest BCUT2D eigenvalue weighted by Gasteiger charge is 2.61. The summed E-state index contributed by atoms with van der Waals surface area (Å²) in [6.45, 7) is 6.31. The topological polar surface area (TPSA) is 24.1 Å². The van der Waals surface area contributed by atoms with Crippen LogP contribution in [0, 0.1) is 34.5 Å². The van der Waals surface area contributed by atoms with E-state index in [1.54, 1.807) is 5.70 Å². The van der Waals surface area contributed by atoms with Gasteiger partial charge >= 0.3 is 0 Å². The molecule has 24 heavy (non-hydrogen) atoms. The second kappa shape index (κ2) is 5.25. The van der Waals surface area contributed by atoms with Gasteiger partial charge in [-0.2, -0.15) is 0 Å². The van der Waals surface area contributed by atoms with Gasteiger partial charge in [-0.15, -0.1) is 0 Å². The molecule has 2 heteroatoms. The Bertz CT molecular complexity index is 566. The lowest BCUT2D eigenvalue weighted by Gasteiger charge is -2.60. The Morgan fingerprint density at radius 2 is 1.92 bits per heavy atom. The number of nitrogens with one attached hydrogen (secondary N) is 2. The van der Waals surface area contributed by atoms with Gasteiger partial charge in [0.05, 0.1) is 0 Å². The molecule has 7 unspecified atom stereocenters. The maximum atomic E-state index is 3.76. The van der Waals surface area contributed by atoms with E-state index in [-0.39, 0.29) is 0 Å². The van der Waals surface area contributed by atoms with E-state index in [1.165, 1.54) is 64.3 Å². The Balaban J connectivity index is 1.44. The van der Waals surface area contributed by atoms with E-state index in [0.29, 0.717) is 10.8 Å². The summed E-state index contributed by atoms with van der Waals surface area (Å²) < 4.78 is 0. The van der Waals surface area contributed by atoms with Crippen molar-refractivity contribution in [3.63, 3.8) is 0 Å². The van der Waals surface area contributed by atoms with E-state index < -0.39 is 0 Å². The minimum atomic E-state index is 0.580. The second-order valence-corrected chi connectivity index (χ2v) is 10.1. The lowest BCUT2D eigenvalue weighted by Crippen LogP contribution is -2.55. The van der Waals surface area contributed by atoms with E-state index in [0.717, 1.165) is 29.7 Å². The number of hydrogen-bond donors (Lipinski definition) is 2. The molecule has 1 spiro atoms. The van der Waals surface area contributed by atoms with Crippen molar-refractivity contribution >= 4 is 0 Å². The molecule has 0 bridgehead atoms. The Labute approximate surface area is 148 Å². The smallest absolute Gasteiger partial charge is 0.0241 e. The van der Waals surface area contributed by atoms with Crippen LogP contribution >= 0.6 is 0 Å². The van der Waals surface area contributed by atoms with Crippen molar-refractivity contribution in [1.29, 1.82) is 0 Å². The molecule has 1 heterocycles. The highest BCUT2D eigenvalue weighted by Crippen LogP contribution is 2.68. The van der Waals surface area contributed by atoms with Gasteiger partial charge in [-0.05, 0) is 106 Å². The van der Waals surface area contributed by atoms with E-state index in [4.69, 9.17) is 0 Å². The van der Waals surface area contributed by atoms with Crippen LogP contribution < -0.4 is 10.6 Å². The van der Waals surface area contributed by atoms with Crippen molar-refractivity contribution in [1.82, 2.24) is 10.6 Å². The molecule has 1 aliphatic heterocycles. The van der Waals surface area contributed by atoms with Gasteiger partial charge in [0.2, 0.25) is 0 Å². The van der Waals surface area contributed by atoms with E-state index in [1.807, 2.05) is 5.57 Å². The summed E-state index contributed by atoms with van der Waals surface area (Å²) in [6.07, 6.45) is 13.3. The first kappa shape index (κ1) is 15.7. The number of allylic oxidation sites excluding steroid dienone is 1. The van der Waals surface area contributed by atoms with Crippen molar-refractivity contribution in [3.05, 3.63) is 11.3 Å². The summed E-state index contributed by atoms with van der Waals surface area (Å²) in [5, 5.41) is 7.34. The van der Waals surface area contributed by atoms with Crippen LogP contribution in [0.25, 0.3) is 0 Å². The van der Waals surface area contributed by atoms with E-state index in [2.05, 4.69) is 31.5 Å². The second-order valence-electron chi connectivity index (χ2n) is 10.1. The lowest BCUT2D eigenvalue weighted by molar-refractivity contribution is -0.103. The van der Waals surface area contributed by atoms with Crippen molar-refractivity contribution in [2.75, 3.05) is 13.6 Å². The fourth-order valence-corrected chi connectivity index (χ4v) is 8.43. The van der Waals surface area contributed by atoms with Gasteiger partial charge in [0.15, 0.2) is 0 Å². The maximum Gasteiger partial charge on any atom is 0.0241 e. The average Bonchev–Trinajstić information content (AvgIpc) is 3.12. The monoisotopic (exact) mass is 328 g/mol. The predicted octanol–water partition coefficient (Wildman–Crippen LogP) is 4.47. The standard InChI is InChI=1S/C22H36N2/c1-14-18-6-7-20-17-5-4-15-12-16(23-3)8-10-21(15,2)19(17)9-11-22(18,20)13-24-14/h15-17,19-20,23-24H,4-13H2,1-3H3. The summed E-state index contributed by atoms with van der Waals surface area (Å²) in [7, 11) is 2.17. The first-order valence-corrected chi connectivity index (χ1v) is 10.7. The normalized spacial score (nSPS) is 53.0. The van der Waals surface area contributed by atoms with Crippen LogP contribution in [-0.4, -0.2) is 19.6 Å². The summed E-state index contributed by atoms with van der Waals surface area (Å²) in [5.41, 5.74) is 4.62. The van der Waals surface area contributed by atoms with Gasteiger partial charge in [-0.1, -0.05) is 6.92 Å². The van der Waals surface area contributed by atoms with Crippen LogP contribution in [0.4, 0.5) is 0 Å². The van der Waals surface area contributed by atoms with Gasteiger partial charge in [0.25, 0.3) is 0 Å². The Kier molecular flexibility index (Phi) is 3.44. The quantitative estimate of drug-likeness (QED) is 0.742. The predicted molar refractivity (Wildman–Crippen MR) is 99.6 cm³/mol. The minimum Gasteiger partial charge on any atom is -0.388 e. The van der Waals surface area contributed by atoms with Crippen molar-refractivity contribution < 1.29 is 0 Å². The molecule has 134 valence electrons. The molecule has 5 aliphatic rings. The first-order valence-electron chi connectivity index (χ1n) is 10.7. The van der Waals surface area contributed by atoms with Gasteiger partial charge in [0, 0.05) is 23.7 Å². The summed E-state index contributed by atoms with van der Waals surface area (Å²) in [6, 6.07) is 0.789. The largest absolute Gasteiger partial charge is 0.388 e. The molecule has 7 atom stereocenters. The van der Waals surface area contributed by atoms with Crippen molar-refractivity contribution in [3.8, 4) is 0 Å². The molecule has 4 aliphatic carbocycles. The van der Waals surface area contributed by atoms with Gasteiger partial charge in [-0.3, -0.25) is 0 Å². The molecule has 0 aromatic carbocycles. The summed E-state index contributed by atoms with van der Waals surface area (Å²) >= 11 is 0. The zero-order valence-electron chi connectivity index (χ0n) is 16.0. The van der Waals surface area contributed by atoms with E-state index in [9.17, 15) is 0 Å². The Hall–Kier alpha value is -0.500. The SMILES string of the molecule is CNC1CCC2(C)C(CCC3C4CCC5=C(C)NCC54CCC32)C1. The fraction of sp³-hybridized carbons (Fsp3) is 0.909. The first-order chi connectivity index (χ1) is 11.6. The highest BCUT2D eigenvalue weighted by atomic mass is 15.0. The van der Waals surface area contributed by atoms with Crippen LogP contribution in [0.5, 0.6) is 0 Å². The van der Waals surface area contributed by atoms with Crippen LogP contribution in [0.1, 0.15) is 71.6 Å². The van der Waals surface area contributed by atoms with Crippen molar-refractivity contribution in [2.45, 2.75) is 77.7 Å². The molecule has 5 rings (SSSR count). The third kappa shape index (κ3) is 1.87. The molecule has 0 aromatic rings. The minimum absolute atomic E-state index is 0.580. The molecule has 2 N–H and O–H groups in total. The highest BCUT2D eigenvalue weighted by molar-refractivity contribution is 5.33. The molecule has 2 nitrogen and oxygen atoms in total. The van der Waals surface area contributed by atoms with Crippen LogP contribution in [0.2, 0.25) is 0 Å². The van der Waals surface area contributed by atoms with E-state index >= 15 is 0 Å². The summed E-state index contributed by atoms with van der Waals surface area (Å²) in [4.78, 5) is 0. The zero-order valence-corrected chi connectivity index (χ0v) is 16.0. The van der Waals surface area contributed by atoms with Crippen LogP contribution in [0.15, 0.2) is 11.3 Å². The fourth-order valence-electron chi connectivity index (χ4n) is 8.43. The third-order valence-corrected chi connectivity index (χ3v) is 9.71. The number of rotatable bonds is 1. The average molecular weight is 329 g/mol. The molecule has 4 saturated carbocycles. The molecule has 0 radical (unpaired) electrons. The lowest BCUT2D eigenvalue weighted by atomic mass is 9.45. The molecular weight excluding hydrogens is 292 g/mol. The van der Waals surface area contributed by atoms with Gasteiger partial charge in [0.1, 0.15) is 0 Å². The molecule has 4 fully saturated rings. The van der Waals surface area contributed by atoms with Crippen LogP contribution in [-0.2, 0) is 0 Å². The molecule has 0 saturated heterocycles.